The highest BCUT2D eigenvalue weighted by Crippen LogP contribution is 2.44. The number of halogens is 4. The molecule has 0 aliphatic rings. The monoisotopic (exact) mass is 678 g/mol. The summed E-state index contributed by atoms with van der Waals surface area (Å²) in [6, 6.07) is 16.2. The van der Waals surface area contributed by atoms with Gasteiger partial charge in [0.2, 0.25) is 0 Å². The van der Waals surface area contributed by atoms with Crippen molar-refractivity contribution in [2.45, 2.75) is 19.3 Å². The minimum absolute atomic E-state index is 0.0670. The van der Waals surface area contributed by atoms with Crippen LogP contribution in [0.2, 0.25) is 0 Å². The predicted octanol–water partition coefficient (Wildman–Crippen LogP) is 8.08. The molecular weight excluding hydrogens is 664 g/mol. The van der Waals surface area contributed by atoms with Crippen molar-refractivity contribution in [1.82, 2.24) is 19.9 Å². The molecule has 0 saturated heterocycles. The van der Waals surface area contributed by atoms with Crippen LogP contribution in [-0.4, -0.2) is 19.9 Å². The Kier molecular flexibility index (Phi) is 8.21. The van der Waals surface area contributed by atoms with Gasteiger partial charge in [-0.1, -0.05) is 63.7 Å². The Labute approximate surface area is 220 Å². The van der Waals surface area contributed by atoms with Gasteiger partial charge < -0.3 is 0 Å². The fourth-order valence-corrected chi connectivity index (χ4v) is 5.69. The van der Waals surface area contributed by atoms with Gasteiger partial charge in [0.15, 0.2) is 0 Å². The summed E-state index contributed by atoms with van der Waals surface area (Å²) in [5.74, 6) is 0. The molecule has 0 aliphatic carbocycles. The lowest BCUT2D eigenvalue weighted by Crippen LogP contribution is -2.02. The van der Waals surface area contributed by atoms with Crippen LogP contribution >= 0.6 is 63.7 Å². The molecule has 4 atom stereocenters. The third-order valence-corrected chi connectivity index (χ3v) is 10.7. The fourth-order valence-electron chi connectivity index (χ4n) is 3.29. The predicted molar refractivity (Wildman–Crippen MR) is 143 cm³/mol. The van der Waals surface area contributed by atoms with E-state index in [1.54, 1.807) is 24.8 Å². The maximum Gasteiger partial charge on any atom is 0.0889 e. The molecule has 0 radical (unpaired) electrons. The van der Waals surface area contributed by atoms with Gasteiger partial charge in [-0.25, -0.2) is 0 Å². The molecule has 0 N–H and O–H groups in total. The van der Waals surface area contributed by atoms with Gasteiger partial charge >= 0.3 is 0 Å². The Morgan fingerprint density at radius 2 is 0.750 bits per heavy atom. The van der Waals surface area contributed by atoms with Crippen LogP contribution in [0.15, 0.2) is 85.7 Å². The van der Waals surface area contributed by atoms with Crippen molar-refractivity contribution in [3.8, 4) is 11.4 Å². The van der Waals surface area contributed by atoms with Gasteiger partial charge in [-0.3, -0.25) is 19.9 Å². The van der Waals surface area contributed by atoms with E-state index in [1.165, 1.54) is 0 Å². The van der Waals surface area contributed by atoms with E-state index in [1.807, 2.05) is 48.8 Å². The summed E-state index contributed by atoms with van der Waals surface area (Å²) in [5.41, 5.74) is 6.21. The zero-order valence-electron chi connectivity index (χ0n) is 16.7. The molecule has 4 heterocycles. The van der Waals surface area contributed by atoms with E-state index in [0.717, 1.165) is 33.6 Å². The number of pyridine rings is 4. The molecular formula is C24H18Br4N4. The summed E-state index contributed by atoms with van der Waals surface area (Å²) in [7, 11) is 0. The third kappa shape index (κ3) is 5.53. The van der Waals surface area contributed by atoms with E-state index < -0.39 is 0 Å². The second kappa shape index (κ2) is 11.1. The first kappa shape index (κ1) is 23.7. The van der Waals surface area contributed by atoms with Crippen LogP contribution in [0.1, 0.15) is 41.6 Å². The lowest BCUT2D eigenvalue weighted by molar-refractivity contribution is 0.926. The molecule has 8 heteroatoms. The molecule has 0 saturated carbocycles. The van der Waals surface area contributed by atoms with E-state index in [0.29, 0.717) is 0 Å². The molecule has 0 spiro atoms. The SMILES string of the molecule is BrC(c1ccncc1)C(Br)c1ccnc(-c2cc(C(Br)C(Br)c3ccncc3)ccn2)c1. The van der Waals surface area contributed by atoms with Crippen LogP contribution in [0.4, 0.5) is 0 Å². The van der Waals surface area contributed by atoms with Crippen LogP contribution < -0.4 is 0 Å². The standard InChI is InChI=1S/C24H18Br4N4/c25-21(15-1-7-29-8-2-15)23(27)17-5-11-31-19(13-17)20-14-18(6-12-32-20)24(28)22(26)16-3-9-30-10-4-16/h1-14,21-24H. The maximum atomic E-state index is 4.58. The van der Waals surface area contributed by atoms with Gasteiger partial charge in [0, 0.05) is 37.2 Å². The van der Waals surface area contributed by atoms with Crippen LogP contribution in [0.25, 0.3) is 11.4 Å². The lowest BCUT2D eigenvalue weighted by atomic mass is 10.0. The van der Waals surface area contributed by atoms with Crippen LogP contribution in [0.3, 0.4) is 0 Å². The summed E-state index contributed by atoms with van der Waals surface area (Å²) in [5, 5.41) is 0. The number of rotatable bonds is 7. The Bertz CT molecular complexity index is 1070. The number of nitrogens with zero attached hydrogens (tertiary/aromatic N) is 4. The molecule has 32 heavy (non-hydrogen) atoms. The van der Waals surface area contributed by atoms with Gasteiger partial charge in [-0.05, 0) is 70.8 Å². The largest absolute Gasteiger partial charge is 0.265 e. The maximum absolute atomic E-state index is 4.58. The number of hydrogen-bond donors (Lipinski definition) is 0. The Morgan fingerprint density at radius 1 is 0.438 bits per heavy atom. The Hall–Kier alpha value is -1.48. The average molecular weight is 682 g/mol. The Morgan fingerprint density at radius 3 is 1.12 bits per heavy atom. The third-order valence-electron chi connectivity index (χ3n) is 5.03. The molecule has 0 fully saturated rings. The van der Waals surface area contributed by atoms with E-state index in [4.69, 9.17) is 0 Å². The molecule has 0 amide bonds. The molecule has 4 unspecified atom stereocenters. The number of hydrogen-bond acceptors (Lipinski definition) is 4. The molecule has 4 nitrogen and oxygen atoms in total. The van der Waals surface area contributed by atoms with E-state index in [2.05, 4.69) is 95.8 Å². The zero-order chi connectivity index (χ0) is 22.5. The second-order valence-electron chi connectivity index (χ2n) is 7.12. The zero-order valence-corrected chi connectivity index (χ0v) is 23.0. The van der Waals surface area contributed by atoms with Crippen molar-refractivity contribution in [2.75, 3.05) is 0 Å². The average Bonchev–Trinajstić information content (AvgIpc) is 2.88. The summed E-state index contributed by atoms with van der Waals surface area (Å²) >= 11 is 15.3. The van der Waals surface area contributed by atoms with Gasteiger partial charge in [-0.2, -0.15) is 0 Å². The van der Waals surface area contributed by atoms with Crippen molar-refractivity contribution in [2.24, 2.45) is 0 Å². The Balaban J connectivity index is 1.58. The fraction of sp³-hybridized carbons (Fsp3) is 0.167. The van der Waals surface area contributed by atoms with E-state index in [-0.39, 0.29) is 19.3 Å². The van der Waals surface area contributed by atoms with E-state index >= 15 is 0 Å². The van der Waals surface area contributed by atoms with Crippen LogP contribution in [-0.2, 0) is 0 Å². The van der Waals surface area contributed by atoms with Crippen molar-refractivity contribution < 1.29 is 0 Å². The highest BCUT2D eigenvalue weighted by atomic mass is 79.9. The second-order valence-corrected chi connectivity index (χ2v) is 11.1. The smallest absolute Gasteiger partial charge is 0.0889 e. The molecule has 4 aromatic rings. The first-order valence-corrected chi connectivity index (χ1v) is 13.5. The molecule has 4 rings (SSSR count). The van der Waals surface area contributed by atoms with Gasteiger partial charge in [0.25, 0.3) is 0 Å². The minimum atomic E-state index is 0.0670. The van der Waals surface area contributed by atoms with Crippen molar-refractivity contribution in [3.05, 3.63) is 108 Å². The molecule has 4 aromatic heterocycles. The number of aromatic nitrogens is 4. The molecule has 0 aromatic carbocycles. The number of alkyl halides is 4. The van der Waals surface area contributed by atoms with Crippen LogP contribution in [0, 0.1) is 0 Å². The lowest BCUT2D eigenvalue weighted by Gasteiger charge is -2.19. The van der Waals surface area contributed by atoms with Gasteiger partial charge in [-0.15, -0.1) is 0 Å². The van der Waals surface area contributed by atoms with Crippen molar-refractivity contribution >= 4 is 63.7 Å². The van der Waals surface area contributed by atoms with Gasteiger partial charge in [0.1, 0.15) is 0 Å². The van der Waals surface area contributed by atoms with Crippen molar-refractivity contribution in [1.29, 1.82) is 0 Å². The first-order valence-electron chi connectivity index (χ1n) is 9.83. The van der Waals surface area contributed by atoms with Crippen molar-refractivity contribution in [3.63, 3.8) is 0 Å². The summed E-state index contributed by atoms with van der Waals surface area (Å²) in [6.07, 6.45) is 10.9. The minimum Gasteiger partial charge on any atom is -0.265 e. The topological polar surface area (TPSA) is 51.6 Å². The van der Waals surface area contributed by atoms with Gasteiger partial charge in [0.05, 0.1) is 30.7 Å². The van der Waals surface area contributed by atoms with Crippen LogP contribution in [0.5, 0.6) is 0 Å². The molecule has 162 valence electrons. The molecule has 0 aliphatic heterocycles. The molecule has 0 bridgehead atoms. The normalized spacial score (nSPS) is 15.0. The summed E-state index contributed by atoms with van der Waals surface area (Å²) in [4.78, 5) is 17.7. The quantitative estimate of drug-likeness (QED) is 0.185. The summed E-state index contributed by atoms with van der Waals surface area (Å²) < 4.78 is 0. The highest BCUT2D eigenvalue weighted by molar-refractivity contribution is 9.12. The first-order chi connectivity index (χ1) is 15.5. The van der Waals surface area contributed by atoms with E-state index in [9.17, 15) is 0 Å². The summed E-state index contributed by atoms with van der Waals surface area (Å²) in [6.45, 7) is 0. The highest BCUT2D eigenvalue weighted by Gasteiger charge is 2.22.